The summed E-state index contributed by atoms with van der Waals surface area (Å²) in [6, 6.07) is 7.09. The molecule has 0 fully saturated rings. The minimum Gasteiger partial charge on any atom is -0.290 e. The summed E-state index contributed by atoms with van der Waals surface area (Å²) >= 11 is 9.22. The number of carbonyl (C=O) groups is 1. The predicted molar refractivity (Wildman–Crippen MR) is 78.6 cm³/mol. The Hall–Kier alpha value is -1.46. The van der Waals surface area contributed by atoms with Crippen molar-refractivity contribution in [1.29, 1.82) is 0 Å². The Morgan fingerprint density at radius 3 is 2.74 bits per heavy atom. The van der Waals surface area contributed by atoms with E-state index in [4.69, 9.17) is 11.6 Å². The molecule has 1 aromatic carbocycles. The molecule has 0 aliphatic rings. The molecule has 0 atom stereocenters. The highest BCUT2D eigenvalue weighted by atomic mass is 79.9. The summed E-state index contributed by atoms with van der Waals surface area (Å²) in [5.74, 6) is -0.0827. The van der Waals surface area contributed by atoms with Gasteiger partial charge in [0.15, 0.2) is 0 Å². The van der Waals surface area contributed by atoms with Crippen molar-refractivity contribution in [2.45, 2.75) is 13.8 Å². The van der Waals surface area contributed by atoms with E-state index in [9.17, 15) is 4.79 Å². The first kappa shape index (κ1) is 14.0. The Bertz CT molecular complexity index is 626. The number of carbonyl (C=O) groups excluding carboxylic acids is 1. The molecule has 98 valence electrons. The lowest BCUT2D eigenvalue weighted by atomic mass is 10.1. The van der Waals surface area contributed by atoms with Crippen LogP contribution in [0.25, 0.3) is 0 Å². The van der Waals surface area contributed by atoms with E-state index in [0.29, 0.717) is 16.4 Å². The van der Waals surface area contributed by atoms with E-state index in [1.807, 2.05) is 19.1 Å². The smallest absolute Gasteiger partial charge is 0.259 e. The van der Waals surface area contributed by atoms with Gasteiger partial charge in [-0.05, 0) is 47.5 Å². The molecule has 0 saturated heterocycles. The number of nitrogens with zero attached hydrogens (tertiary/aromatic N) is 2. The highest BCUT2D eigenvalue weighted by Crippen LogP contribution is 2.22. The van der Waals surface area contributed by atoms with Gasteiger partial charge in [-0.2, -0.15) is 0 Å². The predicted octanol–water partition coefficient (Wildman–Crippen LogP) is 3.76. The van der Waals surface area contributed by atoms with Gasteiger partial charge in [-0.15, -0.1) is 0 Å². The first-order valence-electron chi connectivity index (χ1n) is 5.55. The van der Waals surface area contributed by atoms with Gasteiger partial charge in [-0.1, -0.05) is 23.7 Å². The molecule has 0 aliphatic heterocycles. The first-order valence-corrected chi connectivity index (χ1v) is 6.72. The van der Waals surface area contributed by atoms with Gasteiger partial charge < -0.3 is 0 Å². The van der Waals surface area contributed by atoms with E-state index in [2.05, 4.69) is 31.2 Å². The minimum absolute atomic E-state index is 0.198. The van der Waals surface area contributed by atoms with E-state index >= 15 is 0 Å². The molecule has 1 amide bonds. The molecule has 0 bridgehead atoms. The Balaban J connectivity index is 2.28. The van der Waals surface area contributed by atoms with Crippen molar-refractivity contribution >= 4 is 39.4 Å². The third-order valence-electron chi connectivity index (χ3n) is 2.48. The van der Waals surface area contributed by atoms with Gasteiger partial charge in [0.25, 0.3) is 5.91 Å². The van der Waals surface area contributed by atoms with Crippen LogP contribution in [-0.4, -0.2) is 15.9 Å². The van der Waals surface area contributed by atoms with Crippen LogP contribution >= 0.6 is 27.5 Å². The number of aromatic nitrogens is 2. The molecule has 0 radical (unpaired) electrons. The maximum atomic E-state index is 12.1. The van der Waals surface area contributed by atoms with Gasteiger partial charge in [0.05, 0.1) is 5.56 Å². The number of hydrogen-bond acceptors (Lipinski definition) is 3. The average Bonchev–Trinajstić information content (AvgIpc) is 2.31. The number of nitrogens with one attached hydrogen (secondary N) is 1. The monoisotopic (exact) mass is 339 g/mol. The summed E-state index contributed by atoms with van der Waals surface area (Å²) in [5.41, 5.74) is 2.20. The summed E-state index contributed by atoms with van der Waals surface area (Å²) in [7, 11) is 0. The zero-order valence-electron chi connectivity index (χ0n) is 10.4. The molecule has 0 aliphatic carbocycles. The van der Waals surface area contributed by atoms with Crippen LogP contribution in [-0.2, 0) is 0 Å². The topological polar surface area (TPSA) is 54.9 Å². The fraction of sp³-hybridized carbons (Fsp3) is 0.154. The molecule has 0 unspecified atom stereocenters. The SMILES string of the molecule is Cc1cc(Cl)nc(NC(=O)c2cccc(C)c2Br)n1. The van der Waals surface area contributed by atoms with Crippen molar-refractivity contribution in [3.8, 4) is 0 Å². The molecule has 0 saturated carbocycles. The van der Waals surface area contributed by atoms with Gasteiger partial charge in [-0.25, -0.2) is 9.97 Å². The number of amides is 1. The number of aryl methyl sites for hydroxylation is 2. The van der Waals surface area contributed by atoms with E-state index in [0.717, 1.165) is 10.0 Å². The van der Waals surface area contributed by atoms with Gasteiger partial charge in [0.2, 0.25) is 5.95 Å². The van der Waals surface area contributed by atoms with Gasteiger partial charge >= 0.3 is 0 Å². The molecule has 2 aromatic rings. The van der Waals surface area contributed by atoms with Crippen molar-refractivity contribution in [1.82, 2.24) is 9.97 Å². The summed E-state index contributed by atoms with van der Waals surface area (Å²) < 4.78 is 0.756. The van der Waals surface area contributed by atoms with Gasteiger partial charge in [0, 0.05) is 10.2 Å². The summed E-state index contributed by atoms with van der Waals surface area (Å²) in [4.78, 5) is 20.2. The summed E-state index contributed by atoms with van der Waals surface area (Å²) in [5, 5.41) is 2.93. The molecule has 4 nitrogen and oxygen atoms in total. The molecule has 2 rings (SSSR count). The van der Waals surface area contributed by atoms with E-state index in [-0.39, 0.29) is 11.9 Å². The molecule has 1 N–H and O–H groups in total. The van der Waals surface area contributed by atoms with E-state index in [1.165, 1.54) is 0 Å². The average molecular weight is 341 g/mol. The fourth-order valence-electron chi connectivity index (χ4n) is 1.58. The summed E-state index contributed by atoms with van der Waals surface area (Å²) in [6.45, 7) is 3.70. The van der Waals surface area contributed by atoms with Crippen molar-refractivity contribution < 1.29 is 4.79 Å². The van der Waals surface area contributed by atoms with Crippen molar-refractivity contribution in [3.63, 3.8) is 0 Å². The number of benzene rings is 1. The fourth-order valence-corrected chi connectivity index (χ4v) is 2.26. The lowest BCUT2D eigenvalue weighted by Gasteiger charge is -2.08. The summed E-state index contributed by atoms with van der Waals surface area (Å²) in [6.07, 6.45) is 0. The second-order valence-corrected chi connectivity index (χ2v) is 5.23. The number of anilines is 1. The number of halogens is 2. The Morgan fingerprint density at radius 1 is 1.32 bits per heavy atom. The molecular weight excluding hydrogens is 330 g/mol. The van der Waals surface area contributed by atoms with Crippen molar-refractivity contribution in [3.05, 3.63) is 50.7 Å². The van der Waals surface area contributed by atoms with E-state index in [1.54, 1.807) is 19.1 Å². The lowest BCUT2D eigenvalue weighted by molar-refractivity contribution is 0.102. The lowest BCUT2D eigenvalue weighted by Crippen LogP contribution is -2.15. The molecule has 6 heteroatoms. The Morgan fingerprint density at radius 2 is 2.05 bits per heavy atom. The first-order chi connectivity index (χ1) is 8.97. The maximum Gasteiger partial charge on any atom is 0.259 e. The largest absolute Gasteiger partial charge is 0.290 e. The van der Waals surface area contributed by atoms with Crippen LogP contribution in [0.1, 0.15) is 21.6 Å². The normalized spacial score (nSPS) is 10.3. The molecule has 1 aromatic heterocycles. The molecule has 1 heterocycles. The molecule has 0 spiro atoms. The van der Waals surface area contributed by atoms with Crippen molar-refractivity contribution in [2.75, 3.05) is 5.32 Å². The molecule has 19 heavy (non-hydrogen) atoms. The third-order valence-corrected chi connectivity index (χ3v) is 3.73. The Labute approximate surface area is 124 Å². The number of hydrogen-bond donors (Lipinski definition) is 1. The van der Waals surface area contributed by atoms with Crippen LogP contribution in [0, 0.1) is 13.8 Å². The van der Waals surface area contributed by atoms with Crippen molar-refractivity contribution in [2.24, 2.45) is 0 Å². The van der Waals surface area contributed by atoms with E-state index < -0.39 is 0 Å². The Kier molecular flexibility index (Phi) is 4.17. The standard InChI is InChI=1S/C13H11BrClN3O/c1-7-4-3-5-9(11(7)14)12(19)18-13-16-8(2)6-10(15)17-13/h3-6H,1-2H3,(H,16,17,18,19). The van der Waals surface area contributed by atoms with Crippen LogP contribution in [0.2, 0.25) is 5.15 Å². The number of rotatable bonds is 2. The third kappa shape index (κ3) is 3.30. The van der Waals surface area contributed by atoms with Crippen LogP contribution < -0.4 is 5.32 Å². The zero-order chi connectivity index (χ0) is 14.0. The van der Waals surface area contributed by atoms with Crippen LogP contribution in [0.5, 0.6) is 0 Å². The highest BCUT2D eigenvalue weighted by molar-refractivity contribution is 9.10. The molecular formula is C13H11BrClN3O. The maximum absolute atomic E-state index is 12.1. The van der Waals surface area contributed by atoms with Crippen LogP contribution in [0.15, 0.2) is 28.7 Å². The quantitative estimate of drug-likeness (QED) is 0.847. The minimum atomic E-state index is -0.280. The van der Waals surface area contributed by atoms with Crippen LogP contribution in [0.4, 0.5) is 5.95 Å². The van der Waals surface area contributed by atoms with Crippen LogP contribution in [0.3, 0.4) is 0 Å². The van der Waals surface area contributed by atoms with Gasteiger partial charge in [0.1, 0.15) is 5.15 Å². The van der Waals surface area contributed by atoms with Gasteiger partial charge in [-0.3, -0.25) is 10.1 Å². The zero-order valence-corrected chi connectivity index (χ0v) is 12.7. The second-order valence-electron chi connectivity index (χ2n) is 4.05. The second kappa shape index (κ2) is 5.67. The highest BCUT2D eigenvalue weighted by Gasteiger charge is 2.13.